The standard InChI is InChI=1S/C8H16N2O/c1-10(2)7-5-11-8-4-9-3-6(7)8/h6-9H,3-5H2,1-2H3/t6-,7?,8?/m1/s1. The minimum Gasteiger partial charge on any atom is -0.375 e. The molecule has 2 aliphatic rings. The van der Waals surface area contributed by atoms with Crippen LogP contribution in [-0.4, -0.2) is 50.8 Å². The molecule has 3 atom stereocenters. The van der Waals surface area contributed by atoms with Crippen LogP contribution in [0.3, 0.4) is 0 Å². The largest absolute Gasteiger partial charge is 0.375 e. The third-order valence-electron chi connectivity index (χ3n) is 2.84. The van der Waals surface area contributed by atoms with Crippen LogP contribution in [0.1, 0.15) is 0 Å². The molecule has 0 radical (unpaired) electrons. The molecule has 2 aliphatic heterocycles. The van der Waals surface area contributed by atoms with Crippen molar-refractivity contribution in [2.45, 2.75) is 12.1 Å². The molecule has 2 unspecified atom stereocenters. The van der Waals surface area contributed by atoms with Gasteiger partial charge in [-0.2, -0.15) is 0 Å². The monoisotopic (exact) mass is 156 g/mol. The van der Waals surface area contributed by atoms with Gasteiger partial charge in [0, 0.05) is 25.0 Å². The number of fused-ring (bicyclic) bond motifs is 1. The van der Waals surface area contributed by atoms with E-state index in [1.807, 2.05) is 0 Å². The summed E-state index contributed by atoms with van der Waals surface area (Å²) in [6.07, 6.45) is 0.488. The summed E-state index contributed by atoms with van der Waals surface area (Å²) >= 11 is 0. The van der Waals surface area contributed by atoms with Crippen LogP contribution in [0.25, 0.3) is 0 Å². The zero-order valence-electron chi connectivity index (χ0n) is 7.21. The molecule has 0 aromatic heterocycles. The average molecular weight is 156 g/mol. The molecule has 0 spiro atoms. The summed E-state index contributed by atoms with van der Waals surface area (Å²) in [6, 6.07) is 0.634. The van der Waals surface area contributed by atoms with Gasteiger partial charge in [0.1, 0.15) is 0 Å². The molecule has 0 aliphatic carbocycles. The Hall–Kier alpha value is -0.120. The van der Waals surface area contributed by atoms with Gasteiger partial charge in [-0.3, -0.25) is 0 Å². The van der Waals surface area contributed by atoms with Crippen LogP contribution in [0, 0.1) is 5.92 Å². The van der Waals surface area contributed by atoms with Crippen molar-refractivity contribution in [3.63, 3.8) is 0 Å². The number of likely N-dealkylation sites (N-methyl/N-ethyl adjacent to an activating group) is 1. The zero-order chi connectivity index (χ0) is 7.84. The van der Waals surface area contributed by atoms with Crippen LogP contribution in [0.5, 0.6) is 0 Å². The van der Waals surface area contributed by atoms with Gasteiger partial charge in [0.05, 0.1) is 12.7 Å². The topological polar surface area (TPSA) is 24.5 Å². The van der Waals surface area contributed by atoms with Crippen molar-refractivity contribution >= 4 is 0 Å². The molecule has 0 bridgehead atoms. The average Bonchev–Trinajstić information content (AvgIpc) is 2.41. The Morgan fingerprint density at radius 3 is 2.91 bits per heavy atom. The van der Waals surface area contributed by atoms with Crippen molar-refractivity contribution in [3.05, 3.63) is 0 Å². The first-order valence-electron chi connectivity index (χ1n) is 4.28. The second kappa shape index (κ2) is 2.73. The molecule has 64 valence electrons. The van der Waals surface area contributed by atoms with Crippen LogP contribution in [0.15, 0.2) is 0 Å². The van der Waals surface area contributed by atoms with Crippen LogP contribution in [0.4, 0.5) is 0 Å². The SMILES string of the molecule is CN(C)C1COC2CNC[C@@H]21. The molecule has 2 fully saturated rings. The Kier molecular flexibility index (Phi) is 1.87. The summed E-state index contributed by atoms with van der Waals surface area (Å²) in [4.78, 5) is 2.28. The van der Waals surface area contributed by atoms with E-state index in [-0.39, 0.29) is 0 Å². The lowest BCUT2D eigenvalue weighted by atomic mass is 10.00. The Morgan fingerprint density at radius 1 is 1.36 bits per heavy atom. The molecule has 1 N–H and O–H groups in total. The van der Waals surface area contributed by atoms with E-state index in [4.69, 9.17) is 4.74 Å². The predicted molar refractivity (Wildman–Crippen MR) is 43.6 cm³/mol. The molecular formula is C8H16N2O. The second-order valence-corrected chi connectivity index (χ2v) is 3.72. The molecule has 2 heterocycles. The lowest BCUT2D eigenvalue weighted by Crippen LogP contribution is -2.36. The van der Waals surface area contributed by atoms with E-state index in [0.717, 1.165) is 25.6 Å². The Balaban J connectivity index is 2.03. The number of hydrogen-bond acceptors (Lipinski definition) is 3. The predicted octanol–water partition coefficient (Wildman–Crippen LogP) is -0.465. The van der Waals surface area contributed by atoms with Crippen LogP contribution >= 0.6 is 0 Å². The summed E-state index contributed by atoms with van der Waals surface area (Å²) < 4.78 is 5.65. The van der Waals surface area contributed by atoms with Crippen molar-refractivity contribution in [3.8, 4) is 0 Å². The molecular weight excluding hydrogens is 140 g/mol. The second-order valence-electron chi connectivity index (χ2n) is 3.72. The fourth-order valence-corrected chi connectivity index (χ4v) is 2.12. The summed E-state index contributed by atoms with van der Waals surface area (Å²) in [5.41, 5.74) is 0. The maximum Gasteiger partial charge on any atom is 0.0756 e. The highest BCUT2D eigenvalue weighted by atomic mass is 16.5. The number of nitrogens with one attached hydrogen (secondary N) is 1. The van der Waals surface area contributed by atoms with Gasteiger partial charge in [-0.1, -0.05) is 0 Å². The van der Waals surface area contributed by atoms with Crippen LogP contribution in [-0.2, 0) is 4.74 Å². The van der Waals surface area contributed by atoms with Crippen LogP contribution < -0.4 is 5.32 Å². The minimum absolute atomic E-state index is 0.488. The third-order valence-corrected chi connectivity index (χ3v) is 2.84. The van der Waals surface area contributed by atoms with Gasteiger partial charge in [0.15, 0.2) is 0 Å². The van der Waals surface area contributed by atoms with Gasteiger partial charge in [-0.25, -0.2) is 0 Å². The van der Waals surface area contributed by atoms with Crippen molar-refractivity contribution < 1.29 is 4.74 Å². The van der Waals surface area contributed by atoms with Crippen molar-refractivity contribution in [2.24, 2.45) is 5.92 Å². The fourth-order valence-electron chi connectivity index (χ4n) is 2.12. The van der Waals surface area contributed by atoms with Gasteiger partial charge in [-0.05, 0) is 14.1 Å². The van der Waals surface area contributed by atoms with E-state index < -0.39 is 0 Å². The van der Waals surface area contributed by atoms with Gasteiger partial charge in [0.2, 0.25) is 0 Å². The van der Waals surface area contributed by atoms with Crippen molar-refractivity contribution in [1.29, 1.82) is 0 Å². The maximum atomic E-state index is 5.65. The molecule has 0 aromatic carbocycles. The highest BCUT2D eigenvalue weighted by molar-refractivity contribution is 4.95. The molecule has 2 saturated heterocycles. The number of hydrogen-bond donors (Lipinski definition) is 1. The van der Waals surface area contributed by atoms with Crippen molar-refractivity contribution in [2.75, 3.05) is 33.8 Å². The smallest absolute Gasteiger partial charge is 0.0756 e. The number of nitrogens with zero attached hydrogens (tertiary/aromatic N) is 1. The lowest BCUT2D eigenvalue weighted by Gasteiger charge is -2.22. The quantitative estimate of drug-likeness (QED) is 0.556. The first kappa shape index (κ1) is 7.53. The van der Waals surface area contributed by atoms with E-state index >= 15 is 0 Å². The van der Waals surface area contributed by atoms with Gasteiger partial charge in [0.25, 0.3) is 0 Å². The Bertz CT molecular complexity index is 149. The molecule has 0 saturated carbocycles. The summed E-state index contributed by atoms with van der Waals surface area (Å²) in [5.74, 6) is 0.727. The summed E-state index contributed by atoms with van der Waals surface area (Å²) in [7, 11) is 4.27. The van der Waals surface area contributed by atoms with Crippen LogP contribution in [0.2, 0.25) is 0 Å². The molecule has 0 amide bonds. The van der Waals surface area contributed by atoms with Crippen molar-refractivity contribution in [1.82, 2.24) is 10.2 Å². The molecule has 3 nitrogen and oxygen atoms in total. The van der Waals surface area contributed by atoms with E-state index in [1.165, 1.54) is 0 Å². The van der Waals surface area contributed by atoms with E-state index in [2.05, 4.69) is 24.3 Å². The molecule has 0 aromatic rings. The molecule has 2 rings (SSSR count). The maximum absolute atomic E-state index is 5.65. The van der Waals surface area contributed by atoms with E-state index in [1.54, 1.807) is 0 Å². The fraction of sp³-hybridized carbons (Fsp3) is 1.00. The molecule has 3 heteroatoms. The van der Waals surface area contributed by atoms with E-state index in [0.29, 0.717) is 12.1 Å². The zero-order valence-corrected chi connectivity index (χ0v) is 7.21. The highest BCUT2D eigenvalue weighted by Crippen LogP contribution is 2.26. The summed E-state index contributed by atoms with van der Waals surface area (Å²) in [6.45, 7) is 3.10. The normalized spacial score (nSPS) is 43.4. The first-order valence-corrected chi connectivity index (χ1v) is 4.28. The number of ether oxygens (including phenoxy) is 1. The van der Waals surface area contributed by atoms with Gasteiger partial charge in [-0.15, -0.1) is 0 Å². The Morgan fingerprint density at radius 2 is 2.18 bits per heavy atom. The minimum atomic E-state index is 0.488. The van der Waals surface area contributed by atoms with Gasteiger partial charge < -0.3 is 15.0 Å². The Labute approximate surface area is 67.7 Å². The lowest BCUT2D eigenvalue weighted by molar-refractivity contribution is 0.106. The highest BCUT2D eigenvalue weighted by Gasteiger charge is 2.41. The number of rotatable bonds is 1. The third kappa shape index (κ3) is 1.17. The molecule has 11 heavy (non-hydrogen) atoms. The summed E-state index contributed by atoms with van der Waals surface area (Å²) in [5, 5.41) is 3.36. The van der Waals surface area contributed by atoms with Gasteiger partial charge >= 0.3 is 0 Å². The first-order chi connectivity index (χ1) is 5.29. The van der Waals surface area contributed by atoms with E-state index in [9.17, 15) is 0 Å².